The molecule has 0 fully saturated rings. The Morgan fingerprint density at radius 2 is 1.78 bits per heavy atom. The fourth-order valence-corrected chi connectivity index (χ4v) is 3.02. The molecule has 0 aromatic heterocycles. The van der Waals surface area contributed by atoms with Gasteiger partial charge in [0.1, 0.15) is 11.5 Å². The molecule has 130 valence electrons. The van der Waals surface area contributed by atoms with E-state index >= 15 is 0 Å². The van der Waals surface area contributed by atoms with E-state index in [2.05, 4.69) is 17.3 Å². The molecule has 23 heavy (non-hydrogen) atoms. The molecule has 0 spiro atoms. The van der Waals surface area contributed by atoms with Crippen molar-refractivity contribution in [3.63, 3.8) is 0 Å². The largest absolute Gasteiger partial charge is 0.534 e. The fraction of sp³-hybridized carbons (Fsp3) is 0.533. The molecule has 1 aliphatic carbocycles. The molecule has 0 bridgehead atoms. The van der Waals surface area contributed by atoms with Crippen LogP contribution in [0.2, 0.25) is 0 Å². The van der Waals surface area contributed by atoms with E-state index in [1.165, 1.54) is 26.0 Å². The SMILES string of the molecule is C=CC[C@]1(C)CC(=O)[C@](C)(CC=C)C=C1OS(=O)(=O)C(F)(F)F. The quantitative estimate of drug-likeness (QED) is 0.414. The van der Waals surface area contributed by atoms with Crippen molar-refractivity contribution in [1.82, 2.24) is 0 Å². The Kier molecular flexibility index (Phi) is 5.20. The lowest BCUT2D eigenvalue weighted by Gasteiger charge is -2.39. The average Bonchev–Trinajstić information content (AvgIpc) is 2.35. The van der Waals surface area contributed by atoms with Crippen molar-refractivity contribution >= 4 is 15.9 Å². The Balaban J connectivity index is 3.42. The van der Waals surface area contributed by atoms with Crippen molar-refractivity contribution in [3.8, 4) is 0 Å². The standard InChI is InChI=1S/C15H19F3O4S/c1-5-7-13(3)10-12(22-23(20,21)15(16,17)18)14(4,8-6-2)9-11(13)19/h5-6,10H,1-2,7-9H2,3-4H3/t13-,14-/m1/s1. The molecule has 8 heteroatoms. The summed E-state index contributed by atoms with van der Waals surface area (Å²) in [6.07, 6.45) is 4.12. The van der Waals surface area contributed by atoms with Crippen LogP contribution in [-0.2, 0) is 19.1 Å². The van der Waals surface area contributed by atoms with Gasteiger partial charge in [0.05, 0.1) is 5.41 Å². The number of rotatable bonds is 6. The van der Waals surface area contributed by atoms with E-state index in [1.807, 2.05) is 0 Å². The average molecular weight is 352 g/mol. The van der Waals surface area contributed by atoms with Gasteiger partial charge in [-0.05, 0) is 25.8 Å². The van der Waals surface area contributed by atoms with Crippen LogP contribution in [0.5, 0.6) is 0 Å². The summed E-state index contributed by atoms with van der Waals surface area (Å²) >= 11 is 0. The number of alkyl halides is 3. The molecule has 0 heterocycles. The van der Waals surface area contributed by atoms with Crippen LogP contribution in [0.25, 0.3) is 0 Å². The van der Waals surface area contributed by atoms with Crippen molar-refractivity contribution in [2.24, 2.45) is 10.8 Å². The molecule has 0 unspecified atom stereocenters. The lowest BCUT2D eigenvalue weighted by molar-refractivity contribution is -0.129. The first-order chi connectivity index (χ1) is 10.3. The lowest BCUT2D eigenvalue weighted by Crippen LogP contribution is -2.40. The Morgan fingerprint density at radius 1 is 1.26 bits per heavy atom. The van der Waals surface area contributed by atoms with Gasteiger partial charge in [-0.2, -0.15) is 21.6 Å². The van der Waals surface area contributed by atoms with E-state index in [0.717, 1.165) is 6.08 Å². The minimum absolute atomic E-state index is 0.0993. The third-order valence-electron chi connectivity index (χ3n) is 3.88. The predicted octanol–water partition coefficient (Wildman–Crippen LogP) is 3.87. The summed E-state index contributed by atoms with van der Waals surface area (Å²) in [5.41, 5.74) is -7.89. The van der Waals surface area contributed by atoms with E-state index in [1.54, 1.807) is 0 Å². The van der Waals surface area contributed by atoms with Crippen molar-refractivity contribution < 1.29 is 30.6 Å². The molecule has 2 atom stereocenters. The zero-order valence-corrected chi connectivity index (χ0v) is 13.8. The summed E-state index contributed by atoms with van der Waals surface area (Å²) in [6, 6.07) is 0. The summed E-state index contributed by atoms with van der Waals surface area (Å²) in [7, 11) is -5.81. The van der Waals surface area contributed by atoms with Gasteiger partial charge in [-0.15, -0.1) is 13.2 Å². The second kappa shape index (κ2) is 6.14. The normalized spacial score (nSPS) is 28.9. The van der Waals surface area contributed by atoms with Gasteiger partial charge in [0.25, 0.3) is 0 Å². The van der Waals surface area contributed by atoms with Gasteiger partial charge in [-0.25, -0.2) is 0 Å². The number of allylic oxidation sites excluding steroid dienone is 4. The molecule has 0 amide bonds. The molecular weight excluding hydrogens is 333 g/mol. The predicted molar refractivity (Wildman–Crippen MR) is 79.6 cm³/mol. The number of halogens is 3. The van der Waals surface area contributed by atoms with Gasteiger partial charge < -0.3 is 4.18 Å². The highest BCUT2D eigenvalue weighted by Gasteiger charge is 2.52. The first-order valence-corrected chi connectivity index (χ1v) is 8.21. The summed E-state index contributed by atoms with van der Waals surface area (Å²) in [6.45, 7) is 9.98. The third kappa shape index (κ3) is 3.85. The first kappa shape index (κ1) is 19.5. The van der Waals surface area contributed by atoms with Crippen molar-refractivity contribution in [1.29, 1.82) is 0 Å². The van der Waals surface area contributed by atoms with E-state index < -0.39 is 32.2 Å². The maximum absolute atomic E-state index is 12.6. The van der Waals surface area contributed by atoms with Gasteiger partial charge >= 0.3 is 15.6 Å². The summed E-state index contributed by atoms with van der Waals surface area (Å²) < 4.78 is 64.9. The second-order valence-electron chi connectivity index (χ2n) is 6.06. The Hall–Kier alpha value is -1.57. The molecule has 0 N–H and O–H groups in total. The number of ketones is 1. The molecule has 1 aliphatic rings. The smallest absolute Gasteiger partial charge is 0.380 e. The monoisotopic (exact) mass is 352 g/mol. The number of carbonyl (C=O) groups is 1. The summed E-state index contributed by atoms with van der Waals surface area (Å²) in [5.74, 6) is -0.614. The first-order valence-electron chi connectivity index (χ1n) is 6.80. The Morgan fingerprint density at radius 3 is 2.22 bits per heavy atom. The van der Waals surface area contributed by atoms with Gasteiger partial charge in [0.2, 0.25) is 0 Å². The highest BCUT2D eigenvalue weighted by atomic mass is 32.2. The Bertz CT molecular complexity index is 648. The summed E-state index contributed by atoms with van der Waals surface area (Å²) in [5, 5.41) is 0. The fourth-order valence-electron chi connectivity index (χ4n) is 2.44. The molecule has 4 nitrogen and oxygen atoms in total. The van der Waals surface area contributed by atoms with E-state index in [9.17, 15) is 26.4 Å². The third-order valence-corrected chi connectivity index (χ3v) is 4.84. The zero-order valence-electron chi connectivity index (χ0n) is 12.9. The minimum Gasteiger partial charge on any atom is -0.380 e. The molecular formula is C15H19F3O4S. The van der Waals surface area contributed by atoms with Gasteiger partial charge in [0, 0.05) is 11.8 Å². The Labute approximate surface area is 133 Å². The molecule has 0 saturated heterocycles. The topological polar surface area (TPSA) is 60.4 Å². The van der Waals surface area contributed by atoms with Gasteiger partial charge in [-0.3, -0.25) is 4.79 Å². The second-order valence-corrected chi connectivity index (χ2v) is 7.59. The maximum Gasteiger partial charge on any atom is 0.534 e. The van der Waals surface area contributed by atoms with Crippen molar-refractivity contribution in [2.75, 3.05) is 0 Å². The van der Waals surface area contributed by atoms with Crippen LogP contribution in [0.1, 0.15) is 33.1 Å². The van der Waals surface area contributed by atoms with E-state index in [4.69, 9.17) is 0 Å². The molecule has 0 saturated carbocycles. The summed E-state index contributed by atoms with van der Waals surface area (Å²) in [4.78, 5) is 12.4. The van der Waals surface area contributed by atoms with Crippen molar-refractivity contribution in [3.05, 3.63) is 37.1 Å². The molecule has 0 aromatic rings. The number of carbonyl (C=O) groups excluding carboxylic acids is 1. The maximum atomic E-state index is 12.6. The van der Waals surface area contributed by atoms with Crippen LogP contribution in [0.15, 0.2) is 37.1 Å². The molecule has 1 rings (SSSR count). The van der Waals surface area contributed by atoms with Crippen LogP contribution < -0.4 is 0 Å². The van der Waals surface area contributed by atoms with Crippen LogP contribution in [0.4, 0.5) is 13.2 Å². The number of Topliss-reactive ketones (excluding diaryl/α,β-unsaturated/α-hetero) is 1. The van der Waals surface area contributed by atoms with Gasteiger partial charge in [0.15, 0.2) is 0 Å². The highest BCUT2D eigenvalue weighted by Crippen LogP contribution is 2.48. The van der Waals surface area contributed by atoms with Gasteiger partial charge in [-0.1, -0.05) is 19.1 Å². The minimum atomic E-state index is -5.81. The van der Waals surface area contributed by atoms with Crippen molar-refractivity contribution in [2.45, 2.75) is 38.6 Å². The molecule has 0 aromatic carbocycles. The van der Waals surface area contributed by atoms with Crippen LogP contribution in [0, 0.1) is 10.8 Å². The molecule has 0 radical (unpaired) electrons. The number of hydrogen-bond acceptors (Lipinski definition) is 4. The van der Waals surface area contributed by atoms with E-state index in [-0.39, 0.29) is 25.0 Å². The highest BCUT2D eigenvalue weighted by molar-refractivity contribution is 7.87. The van der Waals surface area contributed by atoms with Crippen LogP contribution in [0.3, 0.4) is 0 Å². The lowest BCUT2D eigenvalue weighted by atomic mass is 9.66. The van der Waals surface area contributed by atoms with Crippen LogP contribution in [-0.4, -0.2) is 19.7 Å². The van der Waals surface area contributed by atoms with Crippen LogP contribution >= 0.6 is 0 Å². The number of hydrogen-bond donors (Lipinski definition) is 0. The zero-order chi connectivity index (χ0) is 18.1. The van der Waals surface area contributed by atoms with E-state index in [0.29, 0.717) is 0 Å². The molecule has 0 aliphatic heterocycles.